The van der Waals surface area contributed by atoms with Crippen LogP contribution in [0.5, 0.6) is 0 Å². The maximum atomic E-state index is 14.2. The number of nitrogens with zero attached hydrogens (tertiary/aromatic N) is 3. The number of amides is 2. The van der Waals surface area contributed by atoms with E-state index >= 15 is 0 Å². The van der Waals surface area contributed by atoms with E-state index < -0.39 is 46.0 Å². The number of halogens is 3. The lowest BCUT2D eigenvalue weighted by Crippen LogP contribution is -2.42. The van der Waals surface area contributed by atoms with Crippen molar-refractivity contribution in [1.82, 2.24) is 19.4 Å². The van der Waals surface area contributed by atoms with Gasteiger partial charge in [0, 0.05) is 36.8 Å². The summed E-state index contributed by atoms with van der Waals surface area (Å²) in [5.74, 6) is 0. The molecule has 220 valence electrons. The lowest BCUT2D eigenvalue weighted by Gasteiger charge is -2.30. The number of rotatable bonds is 6. The zero-order valence-electron chi connectivity index (χ0n) is 21.9. The van der Waals surface area contributed by atoms with Crippen molar-refractivity contribution in [2.45, 2.75) is 50.6 Å². The van der Waals surface area contributed by atoms with Gasteiger partial charge in [-0.1, -0.05) is 12.8 Å². The van der Waals surface area contributed by atoms with Crippen molar-refractivity contribution in [3.63, 3.8) is 0 Å². The molecule has 1 aliphatic carbocycles. The minimum Gasteiger partial charge on any atom is -0.391 e. The third kappa shape index (κ3) is 5.76. The number of nitro benzene ring substituents is 1. The van der Waals surface area contributed by atoms with Crippen LogP contribution in [0.4, 0.5) is 29.3 Å². The average Bonchev–Trinajstić information content (AvgIpc) is 3.42. The molecule has 2 aromatic carbocycles. The molecule has 5 rings (SSSR count). The van der Waals surface area contributed by atoms with Gasteiger partial charge in [0.1, 0.15) is 0 Å². The van der Waals surface area contributed by atoms with Crippen LogP contribution in [0.1, 0.15) is 42.9 Å². The molecule has 4 N–H and O–H groups in total. The fourth-order valence-corrected chi connectivity index (χ4v) is 5.15. The van der Waals surface area contributed by atoms with Crippen LogP contribution in [0.15, 0.2) is 64.4 Å². The first-order valence-electron chi connectivity index (χ1n) is 13.0. The fraction of sp³-hybridized carbons (Fsp3) is 0.296. The Kier molecular flexibility index (Phi) is 7.60. The van der Waals surface area contributed by atoms with E-state index in [1.165, 1.54) is 47.3 Å². The molecule has 2 atom stereocenters. The number of H-pyrrole nitrogens is 1. The van der Waals surface area contributed by atoms with E-state index in [9.17, 15) is 42.8 Å². The molecule has 1 fully saturated rings. The molecule has 0 radical (unpaired) electrons. The third-order valence-electron chi connectivity index (χ3n) is 7.19. The highest BCUT2D eigenvalue weighted by Gasteiger charge is 2.36. The lowest BCUT2D eigenvalue weighted by molar-refractivity contribution is -0.384. The molecule has 1 saturated carbocycles. The van der Waals surface area contributed by atoms with Gasteiger partial charge in [-0.15, -0.1) is 0 Å². The van der Waals surface area contributed by atoms with Crippen LogP contribution >= 0.6 is 0 Å². The van der Waals surface area contributed by atoms with Crippen LogP contribution in [0.2, 0.25) is 0 Å². The van der Waals surface area contributed by atoms with Crippen LogP contribution in [0.3, 0.4) is 0 Å². The zero-order valence-corrected chi connectivity index (χ0v) is 21.9. The summed E-state index contributed by atoms with van der Waals surface area (Å²) in [6.07, 6.45) is -0.822. The zero-order chi connectivity index (χ0) is 30.2. The van der Waals surface area contributed by atoms with E-state index in [0.717, 1.165) is 23.1 Å². The van der Waals surface area contributed by atoms with E-state index in [1.807, 2.05) is 0 Å². The second kappa shape index (κ2) is 11.2. The van der Waals surface area contributed by atoms with E-state index in [1.54, 1.807) is 0 Å². The van der Waals surface area contributed by atoms with Crippen LogP contribution in [-0.2, 0) is 12.7 Å². The van der Waals surface area contributed by atoms with Gasteiger partial charge >= 0.3 is 23.3 Å². The number of aromatic amines is 1. The maximum absolute atomic E-state index is 14.2. The summed E-state index contributed by atoms with van der Waals surface area (Å²) in [7, 11) is 0. The molecule has 0 spiro atoms. The molecular weight excluding hydrogens is 561 g/mol. The Morgan fingerprint density at radius 3 is 2.50 bits per heavy atom. The van der Waals surface area contributed by atoms with Crippen molar-refractivity contribution in [2.24, 2.45) is 0 Å². The van der Waals surface area contributed by atoms with E-state index in [2.05, 4.69) is 15.6 Å². The number of non-ortho nitro benzene ring substituents is 1. The minimum atomic E-state index is -4.82. The number of urea groups is 1. The number of benzene rings is 2. The molecular formula is C27H25F3N6O6. The molecule has 0 unspecified atom stereocenters. The Morgan fingerprint density at radius 2 is 1.83 bits per heavy atom. The number of alkyl halides is 3. The van der Waals surface area contributed by atoms with Crippen molar-refractivity contribution >= 4 is 28.4 Å². The van der Waals surface area contributed by atoms with E-state index in [4.69, 9.17) is 0 Å². The molecule has 0 bridgehead atoms. The number of aliphatic hydroxyl groups excluding tert-OH is 1. The van der Waals surface area contributed by atoms with E-state index in [0.29, 0.717) is 30.5 Å². The van der Waals surface area contributed by atoms with Gasteiger partial charge in [0.05, 0.1) is 39.4 Å². The number of nitro groups is 1. The van der Waals surface area contributed by atoms with Crippen LogP contribution in [0, 0.1) is 10.1 Å². The number of carbonyl (C=O) groups excluding carboxylic acids is 1. The smallest absolute Gasteiger partial charge is 0.391 e. The number of fused-ring (bicyclic) bond motifs is 1. The standard InChI is InChI=1S/C27H25F3N6O6/c28-27(29,30)18-11-19-22(35(25(39)24(38)33-19)20-3-1-2-4-23(20)37)12-21(18)34-10-9-15(14-34)13-31-26(40)32-16-5-7-17(8-6-16)36(41)42/h5-12,14,20,23,37H,1-4,13H2,(H,33,38)(H2,31,32,40)/t20-,23+/m1/s1. The summed E-state index contributed by atoms with van der Waals surface area (Å²) >= 11 is 0. The number of carbonyl (C=O) groups is 1. The molecule has 42 heavy (non-hydrogen) atoms. The van der Waals surface area contributed by atoms with Crippen molar-refractivity contribution in [2.75, 3.05) is 5.32 Å². The first-order valence-corrected chi connectivity index (χ1v) is 13.0. The minimum absolute atomic E-state index is 0.0457. The molecule has 0 aliphatic heterocycles. The van der Waals surface area contributed by atoms with Gasteiger partial charge in [0.25, 0.3) is 5.69 Å². The topological polar surface area (TPSA) is 164 Å². The molecule has 2 aromatic heterocycles. The predicted octanol–water partition coefficient (Wildman–Crippen LogP) is 4.21. The van der Waals surface area contributed by atoms with Crippen LogP contribution in [0.25, 0.3) is 16.7 Å². The molecule has 0 saturated heterocycles. The highest BCUT2D eigenvalue weighted by molar-refractivity contribution is 5.89. The Labute approximate surface area is 234 Å². The van der Waals surface area contributed by atoms with Crippen molar-refractivity contribution < 1.29 is 28.0 Å². The van der Waals surface area contributed by atoms with Crippen LogP contribution < -0.4 is 21.8 Å². The second-order valence-electron chi connectivity index (χ2n) is 9.97. The third-order valence-corrected chi connectivity index (χ3v) is 7.19. The van der Waals surface area contributed by atoms with Crippen molar-refractivity contribution in [3.8, 4) is 5.69 Å². The average molecular weight is 587 g/mol. The summed E-state index contributed by atoms with van der Waals surface area (Å²) in [4.78, 5) is 50.0. The Hall–Kier alpha value is -4.92. The SMILES string of the molecule is O=C(NCc1ccn(-c2cc3c(cc2C(F)(F)F)[nH]c(=O)c(=O)n3[C@@H]2CCCC[C@@H]2O)c1)Nc1ccc([N+](=O)[O-])cc1. The van der Waals surface area contributed by atoms with Gasteiger partial charge in [0.15, 0.2) is 0 Å². The normalized spacial score (nSPS) is 17.2. The van der Waals surface area contributed by atoms with Gasteiger partial charge in [-0.25, -0.2) is 4.79 Å². The maximum Gasteiger partial charge on any atom is 0.418 e. The Bertz CT molecular complexity index is 1780. The number of nitrogens with one attached hydrogen (secondary N) is 3. The van der Waals surface area contributed by atoms with Gasteiger partial charge in [0.2, 0.25) is 0 Å². The summed E-state index contributed by atoms with van der Waals surface area (Å²) < 4.78 is 44.8. The lowest BCUT2D eigenvalue weighted by atomic mass is 9.92. The quantitative estimate of drug-likeness (QED) is 0.150. The number of anilines is 1. The van der Waals surface area contributed by atoms with Gasteiger partial charge in [-0.3, -0.25) is 24.3 Å². The first-order chi connectivity index (χ1) is 19.9. The summed E-state index contributed by atoms with van der Waals surface area (Å²) in [5, 5.41) is 26.4. The van der Waals surface area contributed by atoms with Crippen molar-refractivity contribution in [1.29, 1.82) is 0 Å². The molecule has 2 amide bonds. The summed E-state index contributed by atoms with van der Waals surface area (Å²) in [5.41, 5.74) is -2.97. The highest BCUT2D eigenvalue weighted by Crippen LogP contribution is 2.37. The first kappa shape index (κ1) is 28.6. The van der Waals surface area contributed by atoms with Gasteiger partial charge in [-0.05, 0) is 48.7 Å². The molecule has 1 aliphatic rings. The summed E-state index contributed by atoms with van der Waals surface area (Å²) in [6.45, 7) is -0.0625. The van der Waals surface area contributed by atoms with Crippen LogP contribution in [-0.4, -0.2) is 36.3 Å². The van der Waals surface area contributed by atoms with Gasteiger partial charge < -0.3 is 25.3 Å². The Balaban J connectivity index is 1.45. The number of aromatic nitrogens is 3. The van der Waals surface area contributed by atoms with Crippen molar-refractivity contribution in [3.05, 3.63) is 96.8 Å². The van der Waals surface area contributed by atoms with E-state index in [-0.39, 0.29) is 29.0 Å². The predicted molar refractivity (Wildman–Crippen MR) is 146 cm³/mol. The molecule has 4 aromatic rings. The summed E-state index contributed by atoms with van der Waals surface area (Å²) in [6, 6.07) is 7.18. The monoisotopic (exact) mass is 586 g/mol. The molecule has 12 nitrogen and oxygen atoms in total. The second-order valence-corrected chi connectivity index (χ2v) is 9.97. The molecule has 2 heterocycles. The fourth-order valence-electron chi connectivity index (χ4n) is 5.15. The molecule has 15 heteroatoms. The largest absolute Gasteiger partial charge is 0.418 e. The Morgan fingerprint density at radius 1 is 1.12 bits per heavy atom. The number of aliphatic hydroxyl groups is 1. The highest BCUT2D eigenvalue weighted by atomic mass is 19.4. The number of hydrogen-bond donors (Lipinski definition) is 4. The van der Waals surface area contributed by atoms with Gasteiger partial charge in [-0.2, -0.15) is 13.2 Å². The number of hydrogen-bond acceptors (Lipinski definition) is 6.